The van der Waals surface area contributed by atoms with Gasteiger partial charge in [0.15, 0.2) is 0 Å². The smallest absolute Gasteiger partial charge is 0.247 e. The number of hydrazine groups is 2. The Morgan fingerprint density at radius 2 is 1.92 bits per heavy atom. The molecular formula is C5H7N5O2. The van der Waals surface area contributed by atoms with Crippen LogP contribution in [0.25, 0.3) is 0 Å². The van der Waals surface area contributed by atoms with Crippen LogP contribution in [-0.2, 0) is 9.59 Å². The zero-order valence-electron chi connectivity index (χ0n) is 6.13. The lowest BCUT2D eigenvalue weighted by Crippen LogP contribution is -2.46. The van der Waals surface area contributed by atoms with E-state index < -0.39 is 0 Å². The minimum absolute atomic E-state index is 0.211. The number of amides is 2. The summed E-state index contributed by atoms with van der Waals surface area (Å²) < 4.78 is 0. The summed E-state index contributed by atoms with van der Waals surface area (Å²) in [6.07, 6.45) is 0.527. The van der Waals surface area contributed by atoms with Gasteiger partial charge in [-0.05, 0) is 0 Å². The third kappa shape index (κ3) is 0.909. The Labute approximate surface area is 67.7 Å². The van der Waals surface area contributed by atoms with Gasteiger partial charge in [0.1, 0.15) is 0 Å². The molecule has 1 fully saturated rings. The fourth-order valence-corrected chi connectivity index (χ4v) is 1.11. The summed E-state index contributed by atoms with van der Waals surface area (Å²) in [5, 5.41) is 3.65. The van der Waals surface area contributed by atoms with Crippen molar-refractivity contribution in [3.05, 3.63) is 0 Å². The highest BCUT2D eigenvalue weighted by molar-refractivity contribution is 6.15. The minimum atomic E-state index is -0.225. The fourth-order valence-electron chi connectivity index (χ4n) is 1.11. The lowest BCUT2D eigenvalue weighted by molar-refractivity contribution is -0.133. The van der Waals surface area contributed by atoms with Crippen LogP contribution in [0.4, 0.5) is 0 Å². The van der Waals surface area contributed by atoms with Crippen LogP contribution >= 0.6 is 0 Å². The topological polar surface area (TPSA) is 85.8 Å². The number of nitrogens with one attached hydrogen (secondary N) is 3. The van der Waals surface area contributed by atoms with Gasteiger partial charge >= 0.3 is 0 Å². The Hall–Kier alpha value is -1.63. The highest BCUT2D eigenvalue weighted by Crippen LogP contribution is 2.11. The maximum absolute atomic E-state index is 11.1. The normalized spacial score (nSPS) is 22.3. The molecule has 7 heteroatoms. The molecule has 12 heavy (non-hydrogen) atoms. The Bertz CT molecular complexity index is 257. The van der Waals surface area contributed by atoms with E-state index in [2.05, 4.69) is 21.6 Å². The van der Waals surface area contributed by atoms with E-state index in [0.29, 0.717) is 0 Å². The van der Waals surface area contributed by atoms with Crippen molar-refractivity contribution in [2.45, 2.75) is 12.8 Å². The monoisotopic (exact) mass is 169 g/mol. The molecule has 0 bridgehead atoms. The predicted molar refractivity (Wildman–Crippen MR) is 37.9 cm³/mol. The Balaban J connectivity index is 2.20. The van der Waals surface area contributed by atoms with Gasteiger partial charge < -0.3 is 0 Å². The van der Waals surface area contributed by atoms with E-state index >= 15 is 0 Å². The van der Waals surface area contributed by atoms with Crippen LogP contribution in [0.2, 0.25) is 0 Å². The van der Waals surface area contributed by atoms with E-state index in [9.17, 15) is 9.59 Å². The molecule has 7 nitrogen and oxygen atoms in total. The Kier molecular flexibility index (Phi) is 1.44. The van der Waals surface area contributed by atoms with Crippen LogP contribution in [0.15, 0.2) is 5.10 Å². The summed E-state index contributed by atoms with van der Waals surface area (Å²) in [7, 11) is 0. The van der Waals surface area contributed by atoms with Gasteiger partial charge in [-0.3, -0.25) is 15.0 Å². The molecule has 0 unspecified atom stereocenters. The summed E-state index contributed by atoms with van der Waals surface area (Å²) in [5.74, 6) is -0.240. The zero-order valence-corrected chi connectivity index (χ0v) is 6.13. The van der Waals surface area contributed by atoms with Gasteiger partial charge in [-0.25, -0.2) is 10.4 Å². The van der Waals surface area contributed by atoms with E-state index in [1.807, 2.05) is 0 Å². The van der Waals surface area contributed by atoms with Crippen LogP contribution in [0.5, 0.6) is 0 Å². The maximum atomic E-state index is 11.1. The SMILES string of the molecule is O=C1CCC(=O)N1C1=NNNN1. The van der Waals surface area contributed by atoms with Crippen molar-refractivity contribution in [1.29, 1.82) is 0 Å². The van der Waals surface area contributed by atoms with Gasteiger partial charge in [-0.2, -0.15) is 0 Å². The van der Waals surface area contributed by atoms with E-state index in [0.717, 1.165) is 4.90 Å². The van der Waals surface area contributed by atoms with E-state index in [-0.39, 0.29) is 30.6 Å². The lowest BCUT2D eigenvalue weighted by Gasteiger charge is -2.10. The summed E-state index contributed by atoms with van der Waals surface area (Å²) in [5.41, 5.74) is 7.34. The summed E-state index contributed by atoms with van der Waals surface area (Å²) in [6.45, 7) is 0. The second kappa shape index (κ2) is 2.45. The number of nitrogens with zero attached hydrogens (tertiary/aromatic N) is 2. The van der Waals surface area contributed by atoms with Crippen LogP contribution in [0, 0.1) is 0 Å². The van der Waals surface area contributed by atoms with Gasteiger partial charge in [0.05, 0.1) is 0 Å². The third-order valence-corrected chi connectivity index (χ3v) is 1.66. The standard InChI is InChI=1S/C5H7N5O2/c11-3-1-2-4(12)10(3)5-6-8-9-7-5/h8-9H,1-2H2,(H,6,7). The minimum Gasteiger partial charge on any atom is -0.274 e. The van der Waals surface area contributed by atoms with E-state index in [4.69, 9.17) is 0 Å². The van der Waals surface area contributed by atoms with E-state index in [1.54, 1.807) is 0 Å². The first-order valence-corrected chi connectivity index (χ1v) is 3.48. The maximum Gasteiger partial charge on any atom is 0.247 e. The summed E-state index contributed by atoms with van der Waals surface area (Å²) >= 11 is 0. The molecule has 0 aromatic heterocycles. The molecule has 3 N–H and O–H groups in total. The van der Waals surface area contributed by atoms with Crippen LogP contribution in [0.1, 0.15) is 12.8 Å². The molecule has 0 aliphatic carbocycles. The van der Waals surface area contributed by atoms with Crippen LogP contribution < -0.4 is 16.5 Å². The number of rotatable bonds is 0. The highest BCUT2D eigenvalue weighted by atomic mass is 16.2. The number of guanidine groups is 1. The molecule has 2 rings (SSSR count). The fraction of sp³-hybridized carbons (Fsp3) is 0.400. The van der Waals surface area contributed by atoms with Crippen molar-refractivity contribution in [2.24, 2.45) is 5.10 Å². The number of likely N-dealkylation sites (tertiary alicyclic amines) is 1. The van der Waals surface area contributed by atoms with Crippen molar-refractivity contribution >= 4 is 17.8 Å². The first-order chi connectivity index (χ1) is 5.79. The molecule has 0 spiro atoms. The molecule has 0 radical (unpaired) electrons. The number of hydrogen-bond acceptors (Lipinski definition) is 6. The van der Waals surface area contributed by atoms with Crippen LogP contribution in [-0.4, -0.2) is 22.7 Å². The molecule has 2 aliphatic heterocycles. The number of hydrogen-bond donors (Lipinski definition) is 3. The van der Waals surface area contributed by atoms with Crippen molar-refractivity contribution < 1.29 is 9.59 Å². The molecule has 2 aliphatic rings. The second-order valence-electron chi connectivity index (χ2n) is 2.42. The molecule has 0 aromatic rings. The van der Waals surface area contributed by atoms with Gasteiger partial charge in [-0.1, -0.05) is 0 Å². The average molecular weight is 169 g/mol. The molecule has 0 saturated carbocycles. The zero-order chi connectivity index (χ0) is 8.55. The quantitative estimate of drug-likeness (QED) is 0.366. The number of carbonyl (C=O) groups is 2. The number of carbonyl (C=O) groups excluding carboxylic acids is 2. The summed E-state index contributed by atoms with van der Waals surface area (Å²) in [6, 6.07) is 0. The Morgan fingerprint density at radius 1 is 1.25 bits per heavy atom. The molecular weight excluding hydrogens is 162 g/mol. The molecule has 2 heterocycles. The molecule has 0 aromatic carbocycles. The first-order valence-electron chi connectivity index (χ1n) is 3.48. The summed E-state index contributed by atoms with van der Waals surface area (Å²) in [4.78, 5) is 23.2. The first kappa shape index (κ1) is 7.04. The van der Waals surface area contributed by atoms with Gasteiger partial charge in [0.2, 0.25) is 17.8 Å². The Morgan fingerprint density at radius 3 is 2.42 bits per heavy atom. The van der Waals surface area contributed by atoms with Crippen LogP contribution in [0.3, 0.4) is 0 Å². The lowest BCUT2D eigenvalue weighted by atomic mass is 10.4. The molecule has 1 saturated heterocycles. The predicted octanol–water partition coefficient (Wildman–Crippen LogP) is -1.98. The molecule has 2 amide bonds. The van der Waals surface area contributed by atoms with Crippen molar-refractivity contribution in [2.75, 3.05) is 0 Å². The van der Waals surface area contributed by atoms with Gasteiger partial charge in [0.25, 0.3) is 0 Å². The number of imide groups is 1. The van der Waals surface area contributed by atoms with Crippen molar-refractivity contribution in [1.82, 2.24) is 21.4 Å². The number of hydrazone groups is 1. The van der Waals surface area contributed by atoms with Crippen molar-refractivity contribution in [3.63, 3.8) is 0 Å². The van der Waals surface area contributed by atoms with Crippen molar-refractivity contribution in [3.8, 4) is 0 Å². The van der Waals surface area contributed by atoms with Gasteiger partial charge in [-0.15, -0.1) is 10.6 Å². The molecule has 0 atom stereocenters. The second-order valence-corrected chi connectivity index (χ2v) is 2.42. The van der Waals surface area contributed by atoms with E-state index in [1.165, 1.54) is 0 Å². The highest BCUT2D eigenvalue weighted by Gasteiger charge is 2.34. The largest absolute Gasteiger partial charge is 0.274 e. The van der Waals surface area contributed by atoms with Gasteiger partial charge in [0, 0.05) is 12.8 Å². The molecule has 64 valence electrons. The average Bonchev–Trinajstić information content (AvgIpc) is 2.61. The third-order valence-electron chi connectivity index (χ3n) is 1.66.